The van der Waals surface area contributed by atoms with Crippen LogP contribution in [0, 0.1) is 0 Å². The number of hydrogen-bond donors (Lipinski definition) is 0. The highest BCUT2D eigenvalue weighted by atomic mass is 79.9. The van der Waals surface area contributed by atoms with Gasteiger partial charge in [0.25, 0.3) is 5.91 Å². The summed E-state index contributed by atoms with van der Waals surface area (Å²) >= 11 is 3.36. The van der Waals surface area contributed by atoms with E-state index in [0.717, 1.165) is 4.47 Å². The van der Waals surface area contributed by atoms with Crippen LogP contribution in [-0.2, 0) is 4.79 Å². The summed E-state index contributed by atoms with van der Waals surface area (Å²) < 4.78 is 0.896. The van der Waals surface area contributed by atoms with E-state index in [4.69, 9.17) is 0 Å². The van der Waals surface area contributed by atoms with E-state index in [1.807, 2.05) is 19.1 Å². The topological polar surface area (TPSA) is 54.5 Å². The largest absolute Gasteiger partial charge is 0.309 e. The second-order valence-electron chi connectivity index (χ2n) is 5.73. The lowest BCUT2D eigenvalue weighted by atomic mass is 9.84. The van der Waals surface area contributed by atoms with E-state index in [1.165, 1.54) is 4.90 Å². The van der Waals surface area contributed by atoms with Crippen LogP contribution in [0.15, 0.2) is 64.1 Å². The second kappa shape index (κ2) is 6.76. The van der Waals surface area contributed by atoms with Crippen LogP contribution < -0.4 is 4.90 Å². The summed E-state index contributed by atoms with van der Waals surface area (Å²) in [6.45, 7) is 3.76. The van der Waals surface area contributed by atoms with Crippen molar-refractivity contribution in [3.63, 3.8) is 0 Å². The number of nitrogens with zero attached hydrogens (tertiary/aromatic N) is 1. The molecule has 0 unspecified atom stereocenters. The van der Waals surface area contributed by atoms with Crippen molar-refractivity contribution in [3.05, 3.63) is 75.3 Å². The van der Waals surface area contributed by atoms with Gasteiger partial charge >= 0.3 is 0 Å². The maximum absolute atomic E-state index is 13.1. The lowest BCUT2D eigenvalue weighted by Gasteiger charge is -2.25. The number of fused-ring (bicyclic) bond motifs is 1. The first-order valence-corrected chi connectivity index (χ1v) is 8.71. The van der Waals surface area contributed by atoms with Crippen LogP contribution in [0.1, 0.15) is 34.6 Å². The standard InChI is InChI=1S/C20H16BrNO3/c1-3-22(14-10-8-13(21)9-11-14)20(25)17-12(2)18(23)15-6-4-5-7-16(15)19(17)24/h4-11H,3H2,1-2H3. The number of benzene rings is 2. The molecule has 0 N–H and O–H groups in total. The monoisotopic (exact) mass is 397 g/mol. The Bertz CT molecular complexity index is 913. The lowest BCUT2D eigenvalue weighted by molar-refractivity contribution is -0.114. The van der Waals surface area contributed by atoms with Crippen molar-refractivity contribution in [1.29, 1.82) is 0 Å². The number of carbonyl (C=O) groups excluding carboxylic acids is 3. The molecule has 0 fully saturated rings. The summed E-state index contributed by atoms with van der Waals surface area (Å²) in [7, 11) is 0. The number of halogens is 1. The Balaban J connectivity index is 2.06. The Morgan fingerprint density at radius 1 is 0.960 bits per heavy atom. The van der Waals surface area contributed by atoms with Gasteiger partial charge in [0.15, 0.2) is 11.6 Å². The van der Waals surface area contributed by atoms with Gasteiger partial charge in [0.1, 0.15) is 0 Å². The van der Waals surface area contributed by atoms with Crippen molar-refractivity contribution in [2.24, 2.45) is 0 Å². The third-order valence-corrected chi connectivity index (χ3v) is 4.80. The molecule has 0 spiro atoms. The first kappa shape index (κ1) is 17.3. The molecular weight excluding hydrogens is 382 g/mol. The minimum absolute atomic E-state index is 0.0477. The van der Waals surface area contributed by atoms with E-state index in [9.17, 15) is 14.4 Å². The van der Waals surface area contributed by atoms with Crippen LogP contribution in [0.3, 0.4) is 0 Å². The van der Waals surface area contributed by atoms with Crippen LogP contribution in [0.2, 0.25) is 0 Å². The Hall–Kier alpha value is -2.53. The predicted octanol–water partition coefficient (Wildman–Crippen LogP) is 4.20. The van der Waals surface area contributed by atoms with Gasteiger partial charge in [0, 0.05) is 33.4 Å². The van der Waals surface area contributed by atoms with Gasteiger partial charge in [0.2, 0.25) is 0 Å². The molecule has 0 atom stereocenters. The smallest absolute Gasteiger partial charge is 0.262 e. The van der Waals surface area contributed by atoms with E-state index in [-0.39, 0.29) is 22.5 Å². The van der Waals surface area contributed by atoms with Crippen molar-refractivity contribution < 1.29 is 14.4 Å². The van der Waals surface area contributed by atoms with Crippen LogP contribution in [0.5, 0.6) is 0 Å². The fourth-order valence-electron chi connectivity index (χ4n) is 2.96. The molecule has 0 saturated heterocycles. The van der Waals surface area contributed by atoms with Gasteiger partial charge < -0.3 is 4.90 Å². The fraction of sp³-hybridized carbons (Fsp3) is 0.150. The molecule has 25 heavy (non-hydrogen) atoms. The number of amides is 1. The number of hydrogen-bond acceptors (Lipinski definition) is 3. The fourth-order valence-corrected chi connectivity index (χ4v) is 3.22. The van der Waals surface area contributed by atoms with E-state index in [0.29, 0.717) is 17.8 Å². The highest BCUT2D eigenvalue weighted by Crippen LogP contribution is 2.29. The number of rotatable bonds is 3. The molecule has 4 nitrogen and oxygen atoms in total. The molecule has 126 valence electrons. The van der Waals surface area contributed by atoms with Crippen LogP contribution in [0.4, 0.5) is 5.69 Å². The maximum Gasteiger partial charge on any atom is 0.262 e. The first-order valence-electron chi connectivity index (χ1n) is 7.92. The summed E-state index contributed by atoms with van der Waals surface area (Å²) in [5, 5.41) is 0. The minimum atomic E-state index is -0.449. The Kier molecular flexibility index (Phi) is 4.68. The van der Waals surface area contributed by atoms with E-state index in [2.05, 4.69) is 15.9 Å². The molecule has 2 aromatic rings. The molecular formula is C20H16BrNO3. The molecule has 1 aliphatic carbocycles. The van der Waals surface area contributed by atoms with E-state index in [1.54, 1.807) is 43.3 Å². The molecule has 0 bridgehead atoms. The Morgan fingerprint density at radius 2 is 1.52 bits per heavy atom. The SMILES string of the molecule is CCN(C(=O)C1=C(C)C(=O)c2ccccc2C1=O)c1ccc(Br)cc1. The highest BCUT2D eigenvalue weighted by molar-refractivity contribution is 9.10. The van der Waals surface area contributed by atoms with E-state index >= 15 is 0 Å². The number of anilines is 1. The zero-order chi connectivity index (χ0) is 18.1. The average molecular weight is 398 g/mol. The molecule has 5 heteroatoms. The Labute approximate surface area is 154 Å². The number of Topliss-reactive ketones (excluding diaryl/α,β-unsaturated/α-hetero) is 2. The van der Waals surface area contributed by atoms with Crippen molar-refractivity contribution in [2.45, 2.75) is 13.8 Å². The van der Waals surface area contributed by atoms with Gasteiger partial charge in [-0.1, -0.05) is 40.2 Å². The minimum Gasteiger partial charge on any atom is -0.309 e. The third-order valence-electron chi connectivity index (χ3n) is 4.27. The van der Waals surface area contributed by atoms with Gasteiger partial charge in [-0.15, -0.1) is 0 Å². The summed E-state index contributed by atoms with van der Waals surface area (Å²) in [4.78, 5) is 40.0. The normalized spacial score (nSPS) is 13.7. The van der Waals surface area contributed by atoms with Crippen molar-refractivity contribution in [2.75, 3.05) is 11.4 Å². The molecule has 1 amide bonds. The van der Waals surface area contributed by atoms with Gasteiger partial charge in [-0.2, -0.15) is 0 Å². The van der Waals surface area contributed by atoms with Gasteiger partial charge in [-0.25, -0.2) is 0 Å². The van der Waals surface area contributed by atoms with E-state index < -0.39 is 11.7 Å². The first-order chi connectivity index (χ1) is 12.0. The predicted molar refractivity (Wildman–Crippen MR) is 100.0 cm³/mol. The molecule has 0 aromatic heterocycles. The zero-order valence-corrected chi connectivity index (χ0v) is 15.5. The Morgan fingerprint density at radius 3 is 2.08 bits per heavy atom. The highest BCUT2D eigenvalue weighted by Gasteiger charge is 2.35. The second-order valence-corrected chi connectivity index (χ2v) is 6.65. The van der Waals surface area contributed by atoms with Crippen molar-refractivity contribution in [1.82, 2.24) is 0 Å². The molecule has 1 aliphatic rings. The average Bonchev–Trinajstić information content (AvgIpc) is 2.62. The molecule has 0 radical (unpaired) electrons. The zero-order valence-electron chi connectivity index (χ0n) is 13.9. The van der Waals surface area contributed by atoms with Gasteiger partial charge in [-0.05, 0) is 38.1 Å². The number of allylic oxidation sites excluding steroid dienone is 1. The maximum atomic E-state index is 13.1. The summed E-state index contributed by atoms with van der Waals surface area (Å²) in [5.74, 6) is -1.12. The summed E-state index contributed by atoms with van der Waals surface area (Å²) in [5.41, 5.74) is 1.47. The molecule has 3 rings (SSSR count). The van der Waals surface area contributed by atoms with Gasteiger partial charge in [-0.3, -0.25) is 14.4 Å². The molecule has 0 aliphatic heterocycles. The van der Waals surface area contributed by atoms with Gasteiger partial charge in [0.05, 0.1) is 5.57 Å². The van der Waals surface area contributed by atoms with Crippen LogP contribution in [-0.4, -0.2) is 24.0 Å². The molecule has 2 aromatic carbocycles. The summed E-state index contributed by atoms with van der Waals surface area (Å²) in [6.07, 6.45) is 0. The van der Waals surface area contributed by atoms with Crippen LogP contribution >= 0.6 is 15.9 Å². The molecule has 0 heterocycles. The number of likely N-dealkylation sites (N-methyl/N-ethyl adjacent to an activating group) is 1. The summed E-state index contributed by atoms with van der Waals surface area (Å²) in [6, 6.07) is 13.9. The molecule has 0 saturated carbocycles. The van der Waals surface area contributed by atoms with Crippen LogP contribution in [0.25, 0.3) is 0 Å². The van der Waals surface area contributed by atoms with Crippen molar-refractivity contribution >= 4 is 39.1 Å². The lowest BCUT2D eigenvalue weighted by Crippen LogP contribution is -2.37. The van der Waals surface area contributed by atoms with Crippen molar-refractivity contribution in [3.8, 4) is 0 Å². The quantitative estimate of drug-likeness (QED) is 0.729. The number of carbonyl (C=O) groups is 3. The third kappa shape index (κ3) is 2.96. The number of ketones is 2.